The molecule has 0 radical (unpaired) electrons. The maximum Gasteiger partial charge on any atom is 0.357 e. The van der Waals surface area contributed by atoms with Crippen molar-refractivity contribution in [1.82, 2.24) is 23.9 Å². The molecule has 0 bridgehead atoms. The van der Waals surface area contributed by atoms with E-state index in [4.69, 9.17) is 4.42 Å². The van der Waals surface area contributed by atoms with Crippen LogP contribution in [-0.2, 0) is 20.1 Å². The van der Waals surface area contributed by atoms with Crippen LogP contribution in [0.2, 0.25) is 0 Å². The second-order valence-corrected chi connectivity index (χ2v) is 7.02. The Morgan fingerprint density at radius 1 is 1.09 bits per heavy atom. The summed E-state index contributed by atoms with van der Waals surface area (Å²) in [5.41, 5.74) is -0.570. The highest BCUT2D eigenvalue weighted by atomic mass is 16.6. The molecule has 4 heterocycles. The molecular weight excluding hydrogens is 416 g/mol. The molecule has 0 N–H and O–H groups in total. The van der Waals surface area contributed by atoms with Crippen molar-refractivity contribution in [1.29, 1.82) is 0 Å². The van der Waals surface area contributed by atoms with Gasteiger partial charge in [-0.3, -0.25) is 29.1 Å². The largest absolute Gasteiger partial charge is 0.472 e. The number of pyridine rings is 1. The molecule has 0 atom stereocenters. The summed E-state index contributed by atoms with van der Waals surface area (Å²) in [5, 5.41) is 16.0. The molecule has 0 aliphatic rings. The van der Waals surface area contributed by atoms with Gasteiger partial charge in [0.05, 0.1) is 36.7 Å². The van der Waals surface area contributed by atoms with Gasteiger partial charge in [-0.25, -0.2) is 9.36 Å². The second-order valence-electron chi connectivity index (χ2n) is 7.02. The zero-order chi connectivity index (χ0) is 22.7. The topological polar surface area (TPSA) is 131 Å². The Hall–Kier alpha value is -4.54. The number of rotatable bonds is 7. The monoisotopic (exact) mass is 434 g/mol. The van der Waals surface area contributed by atoms with Crippen LogP contribution in [-0.4, -0.2) is 28.8 Å². The quantitative estimate of drug-likeness (QED) is 0.321. The van der Waals surface area contributed by atoms with Crippen molar-refractivity contribution in [3.63, 3.8) is 0 Å². The summed E-state index contributed by atoms with van der Waals surface area (Å²) in [5.74, 6) is 0. The van der Waals surface area contributed by atoms with Gasteiger partial charge in [0.25, 0.3) is 0 Å². The number of aromatic nitrogens is 5. The third-order valence-electron chi connectivity index (χ3n) is 4.79. The lowest BCUT2D eigenvalue weighted by Crippen LogP contribution is -2.42. The van der Waals surface area contributed by atoms with Crippen molar-refractivity contribution in [3.8, 4) is 0 Å². The van der Waals surface area contributed by atoms with Crippen molar-refractivity contribution in [2.75, 3.05) is 0 Å². The Kier molecular flexibility index (Phi) is 5.62. The van der Waals surface area contributed by atoms with Crippen LogP contribution in [0.15, 0.2) is 69.5 Å². The van der Waals surface area contributed by atoms with Crippen LogP contribution in [0.1, 0.15) is 22.4 Å². The molecule has 0 unspecified atom stereocenters. The maximum atomic E-state index is 13.3. The molecular formula is C21H18N6O5. The Bertz CT molecular complexity index is 1400. The molecule has 0 aliphatic heterocycles. The Labute approximate surface area is 180 Å². The average Bonchev–Trinajstić information content (AvgIpc) is 3.44. The summed E-state index contributed by atoms with van der Waals surface area (Å²) in [4.78, 5) is 41.5. The molecule has 32 heavy (non-hydrogen) atoms. The van der Waals surface area contributed by atoms with Crippen LogP contribution in [0.4, 0.5) is 5.69 Å². The lowest BCUT2D eigenvalue weighted by Gasteiger charge is -2.14. The van der Waals surface area contributed by atoms with E-state index in [0.29, 0.717) is 16.7 Å². The van der Waals surface area contributed by atoms with Gasteiger partial charge in [-0.2, -0.15) is 5.10 Å². The van der Waals surface area contributed by atoms with Crippen LogP contribution in [0.5, 0.6) is 0 Å². The van der Waals surface area contributed by atoms with Gasteiger partial charge in [-0.05, 0) is 35.9 Å². The van der Waals surface area contributed by atoms with E-state index in [9.17, 15) is 19.7 Å². The van der Waals surface area contributed by atoms with Crippen LogP contribution in [0, 0.1) is 10.1 Å². The number of nitrogens with zero attached hydrogens (tertiary/aromatic N) is 6. The van der Waals surface area contributed by atoms with Crippen LogP contribution in [0.25, 0.3) is 12.2 Å². The van der Waals surface area contributed by atoms with Crippen LogP contribution >= 0.6 is 0 Å². The first-order chi connectivity index (χ1) is 15.4. The zero-order valence-electron chi connectivity index (χ0n) is 17.0. The minimum atomic E-state index is -0.988. The second kappa shape index (κ2) is 8.68. The highest BCUT2D eigenvalue weighted by Crippen LogP contribution is 2.17. The molecule has 0 spiro atoms. The van der Waals surface area contributed by atoms with Gasteiger partial charge in [0.2, 0.25) is 0 Å². The number of aryl methyl sites for hydroxylation is 1. The predicted molar refractivity (Wildman–Crippen MR) is 115 cm³/mol. The normalized spacial score (nSPS) is 11.3. The fourth-order valence-corrected chi connectivity index (χ4v) is 3.27. The predicted octanol–water partition coefficient (Wildman–Crippen LogP) is 1.91. The van der Waals surface area contributed by atoms with Gasteiger partial charge in [0.15, 0.2) is 0 Å². The van der Waals surface area contributed by atoms with E-state index in [2.05, 4.69) is 10.1 Å². The van der Waals surface area contributed by atoms with E-state index >= 15 is 0 Å². The smallest absolute Gasteiger partial charge is 0.357 e. The summed E-state index contributed by atoms with van der Waals surface area (Å²) in [6.45, 7) is -0.140. The molecule has 11 heteroatoms. The van der Waals surface area contributed by atoms with Gasteiger partial charge >= 0.3 is 16.9 Å². The first-order valence-corrected chi connectivity index (χ1v) is 9.53. The lowest BCUT2D eigenvalue weighted by atomic mass is 10.2. The van der Waals surface area contributed by atoms with E-state index in [0.717, 1.165) is 4.57 Å². The Morgan fingerprint density at radius 3 is 2.47 bits per heavy atom. The van der Waals surface area contributed by atoms with Gasteiger partial charge in [0.1, 0.15) is 5.69 Å². The van der Waals surface area contributed by atoms with Gasteiger partial charge in [-0.1, -0.05) is 0 Å². The fraction of sp³-hybridized carbons (Fsp3) is 0.143. The standard InChI is InChI=1S/C21H18N6O5/c1-24-11-16(10-23-24)2-3-18-19(27(30)31)20(28)26(13-17-6-9-32-14-17)21(29)25(18)12-15-4-7-22-8-5-15/h2-11,14H,12-13H2,1H3. The number of nitro groups is 1. The fourth-order valence-electron chi connectivity index (χ4n) is 3.27. The van der Waals surface area contributed by atoms with Crippen molar-refractivity contribution in [2.24, 2.45) is 7.05 Å². The average molecular weight is 434 g/mol. The lowest BCUT2D eigenvalue weighted by molar-refractivity contribution is -0.387. The molecule has 4 aromatic rings. The van der Waals surface area contributed by atoms with Gasteiger partial charge in [-0.15, -0.1) is 0 Å². The molecule has 0 amide bonds. The number of hydrogen-bond donors (Lipinski definition) is 0. The van der Waals surface area contributed by atoms with E-state index in [-0.39, 0.29) is 18.8 Å². The molecule has 4 aromatic heterocycles. The first kappa shape index (κ1) is 20.7. The minimum Gasteiger partial charge on any atom is -0.472 e. The van der Waals surface area contributed by atoms with Crippen molar-refractivity contribution in [2.45, 2.75) is 13.1 Å². The van der Waals surface area contributed by atoms with Crippen LogP contribution < -0.4 is 11.2 Å². The highest BCUT2D eigenvalue weighted by molar-refractivity contribution is 5.71. The first-order valence-electron chi connectivity index (χ1n) is 9.53. The summed E-state index contributed by atoms with van der Waals surface area (Å²) >= 11 is 0. The summed E-state index contributed by atoms with van der Waals surface area (Å²) in [7, 11) is 1.73. The van der Waals surface area contributed by atoms with Crippen LogP contribution in [0.3, 0.4) is 0 Å². The van der Waals surface area contributed by atoms with Crippen molar-refractivity contribution in [3.05, 3.63) is 109 Å². The molecule has 162 valence electrons. The molecule has 4 rings (SSSR count). The summed E-state index contributed by atoms with van der Waals surface area (Å²) < 4.78 is 8.62. The van der Waals surface area contributed by atoms with Gasteiger partial charge < -0.3 is 4.42 Å². The van der Waals surface area contributed by atoms with Crippen molar-refractivity contribution >= 4 is 17.8 Å². The van der Waals surface area contributed by atoms with Gasteiger partial charge in [0, 0.05) is 36.8 Å². The molecule has 0 fully saturated rings. The molecule has 0 aliphatic carbocycles. The molecule has 0 saturated carbocycles. The van der Waals surface area contributed by atoms with E-state index in [1.807, 2.05) is 0 Å². The third kappa shape index (κ3) is 4.17. The van der Waals surface area contributed by atoms with E-state index in [1.165, 1.54) is 23.2 Å². The highest BCUT2D eigenvalue weighted by Gasteiger charge is 2.26. The molecule has 11 nitrogen and oxygen atoms in total. The Morgan fingerprint density at radius 2 is 1.84 bits per heavy atom. The third-order valence-corrected chi connectivity index (χ3v) is 4.79. The maximum absolute atomic E-state index is 13.3. The van der Waals surface area contributed by atoms with E-state index < -0.39 is 21.9 Å². The van der Waals surface area contributed by atoms with Crippen molar-refractivity contribution < 1.29 is 9.34 Å². The number of furan rings is 1. The minimum absolute atomic E-state index is 0.0145. The van der Waals surface area contributed by atoms with E-state index in [1.54, 1.807) is 60.8 Å². The molecule has 0 aromatic carbocycles. The Balaban J connectivity index is 1.94. The zero-order valence-corrected chi connectivity index (χ0v) is 17.0. The number of hydrogen-bond acceptors (Lipinski definition) is 7. The summed E-state index contributed by atoms with van der Waals surface area (Å²) in [6.07, 6.45) is 12.1. The molecule has 0 saturated heterocycles. The SMILES string of the molecule is Cn1cc(C=Cc2c([N+](=O)[O-])c(=O)n(Cc3ccoc3)c(=O)n2Cc2ccncc2)cn1. The summed E-state index contributed by atoms with van der Waals surface area (Å²) in [6, 6.07) is 4.97.